The molecule has 4 aromatic rings. The smallest absolute Gasteiger partial charge is 0.115 e. The van der Waals surface area contributed by atoms with Crippen LogP contribution in [0.15, 0.2) is 72.8 Å². The van der Waals surface area contributed by atoms with E-state index < -0.39 is 5.41 Å². The van der Waals surface area contributed by atoms with Gasteiger partial charge in [-0.05, 0) is 93.0 Å². The zero-order chi connectivity index (χ0) is 19.9. The Labute approximate surface area is 166 Å². The molecule has 0 fully saturated rings. The van der Waals surface area contributed by atoms with Crippen molar-refractivity contribution in [2.24, 2.45) is 0 Å². The number of benzene rings is 4. The van der Waals surface area contributed by atoms with E-state index in [1.54, 1.807) is 48.5 Å². The molecule has 6 rings (SSSR count). The van der Waals surface area contributed by atoms with Crippen molar-refractivity contribution in [1.82, 2.24) is 0 Å². The second-order valence-electron chi connectivity index (χ2n) is 7.67. The van der Waals surface area contributed by atoms with Crippen LogP contribution in [-0.4, -0.2) is 20.4 Å². The molecule has 0 saturated heterocycles. The highest BCUT2D eigenvalue weighted by molar-refractivity contribution is 5.95. The van der Waals surface area contributed by atoms with E-state index in [1.807, 2.05) is 24.3 Å². The van der Waals surface area contributed by atoms with E-state index in [0.717, 1.165) is 44.5 Å². The molecule has 0 bridgehead atoms. The number of hydrogen-bond donors (Lipinski definition) is 4. The highest BCUT2D eigenvalue weighted by Crippen LogP contribution is 2.64. The standard InChI is InChI=1S/C25H16O4/c26-13-1-5-17-18-6-2-14(27)10-22(18)25(21(17)9-13)23-11-15(28)3-7-19(23)20-8-4-16(29)12-24(20)25/h1-12,26-29H. The molecule has 2 aliphatic rings. The SMILES string of the molecule is Oc1ccc2c(c1)C1(c3cc(O)ccc3-2)c2cc(O)ccc2-c2ccc(O)cc21. The summed E-state index contributed by atoms with van der Waals surface area (Å²) in [5, 5.41) is 41.3. The second kappa shape index (κ2) is 5.11. The van der Waals surface area contributed by atoms with E-state index >= 15 is 0 Å². The Morgan fingerprint density at radius 2 is 0.621 bits per heavy atom. The maximum atomic E-state index is 10.3. The fraction of sp³-hybridized carbons (Fsp3) is 0.0400. The summed E-state index contributed by atoms with van der Waals surface area (Å²) in [6, 6.07) is 21.0. The Morgan fingerprint density at radius 1 is 0.379 bits per heavy atom. The van der Waals surface area contributed by atoms with Gasteiger partial charge in [-0.1, -0.05) is 24.3 Å². The van der Waals surface area contributed by atoms with Crippen molar-refractivity contribution in [3.63, 3.8) is 0 Å². The average Bonchev–Trinajstić information content (AvgIpc) is 3.13. The molecule has 0 heterocycles. The van der Waals surface area contributed by atoms with Crippen molar-refractivity contribution in [3.8, 4) is 45.3 Å². The van der Waals surface area contributed by atoms with Crippen LogP contribution in [0.3, 0.4) is 0 Å². The van der Waals surface area contributed by atoms with Crippen LogP contribution in [0, 0.1) is 0 Å². The summed E-state index contributed by atoms with van der Waals surface area (Å²) in [7, 11) is 0. The van der Waals surface area contributed by atoms with E-state index in [9.17, 15) is 20.4 Å². The van der Waals surface area contributed by atoms with Gasteiger partial charge in [0.25, 0.3) is 0 Å². The third-order valence-electron chi connectivity index (χ3n) is 6.21. The molecule has 0 atom stereocenters. The van der Waals surface area contributed by atoms with Gasteiger partial charge in [0.05, 0.1) is 5.41 Å². The van der Waals surface area contributed by atoms with Crippen molar-refractivity contribution in [2.45, 2.75) is 5.41 Å². The van der Waals surface area contributed by atoms with Crippen LogP contribution in [0.4, 0.5) is 0 Å². The molecule has 0 radical (unpaired) electrons. The number of fused-ring (bicyclic) bond motifs is 10. The van der Waals surface area contributed by atoms with Crippen LogP contribution in [0.2, 0.25) is 0 Å². The molecule has 4 nitrogen and oxygen atoms in total. The summed E-state index contributed by atoms with van der Waals surface area (Å²) in [5.41, 5.74) is 6.36. The largest absolute Gasteiger partial charge is 0.508 e. The minimum atomic E-state index is -0.857. The molecule has 0 saturated carbocycles. The Morgan fingerprint density at radius 3 is 0.862 bits per heavy atom. The molecule has 4 N–H and O–H groups in total. The molecule has 4 heteroatoms. The normalized spacial score (nSPS) is 14.3. The molecule has 29 heavy (non-hydrogen) atoms. The van der Waals surface area contributed by atoms with Gasteiger partial charge >= 0.3 is 0 Å². The summed E-state index contributed by atoms with van der Waals surface area (Å²) >= 11 is 0. The average molecular weight is 380 g/mol. The molecule has 2 aliphatic carbocycles. The maximum Gasteiger partial charge on any atom is 0.115 e. The summed E-state index contributed by atoms with van der Waals surface area (Å²) in [4.78, 5) is 0. The molecule has 0 aromatic heterocycles. The van der Waals surface area contributed by atoms with Crippen LogP contribution < -0.4 is 0 Å². The molecule has 0 aliphatic heterocycles. The Balaban J connectivity index is 1.88. The Bertz CT molecular complexity index is 1140. The first kappa shape index (κ1) is 16.1. The fourth-order valence-electron chi connectivity index (χ4n) is 5.18. The monoisotopic (exact) mass is 380 g/mol. The number of phenolic OH excluding ortho intramolecular Hbond substituents is 4. The second-order valence-corrected chi connectivity index (χ2v) is 7.67. The third kappa shape index (κ3) is 1.83. The lowest BCUT2D eigenvalue weighted by molar-refractivity contribution is 0.471. The highest BCUT2D eigenvalue weighted by Gasteiger charge is 2.52. The summed E-state index contributed by atoms with van der Waals surface area (Å²) in [6.07, 6.45) is 0. The van der Waals surface area contributed by atoms with E-state index in [0.29, 0.717) is 0 Å². The summed E-state index contributed by atoms with van der Waals surface area (Å²) in [5.74, 6) is 0.539. The van der Waals surface area contributed by atoms with Gasteiger partial charge in [-0.15, -0.1) is 0 Å². The number of rotatable bonds is 0. The molecule has 0 unspecified atom stereocenters. The van der Waals surface area contributed by atoms with E-state index in [4.69, 9.17) is 0 Å². The van der Waals surface area contributed by atoms with E-state index in [1.165, 1.54) is 0 Å². The summed E-state index contributed by atoms with van der Waals surface area (Å²) < 4.78 is 0. The fourth-order valence-corrected chi connectivity index (χ4v) is 5.18. The number of aromatic hydroxyl groups is 4. The topological polar surface area (TPSA) is 80.9 Å². The van der Waals surface area contributed by atoms with Crippen molar-refractivity contribution in [3.05, 3.63) is 95.1 Å². The van der Waals surface area contributed by atoms with Crippen molar-refractivity contribution < 1.29 is 20.4 Å². The maximum absolute atomic E-state index is 10.3. The van der Waals surface area contributed by atoms with Crippen LogP contribution in [-0.2, 0) is 5.41 Å². The van der Waals surface area contributed by atoms with Gasteiger partial charge in [0.15, 0.2) is 0 Å². The highest BCUT2D eigenvalue weighted by atomic mass is 16.3. The van der Waals surface area contributed by atoms with Gasteiger partial charge in [0.2, 0.25) is 0 Å². The van der Waals surface area contributed by atoms with Crippen molar-refractivity contribution in [2.75, 3.05) is 0 Å². The molecule has 1 spiro atoms. The van der Waals surface area contributed by atoms with Gasteiger partial charge in [-0.25, -0.2) is 0 Å². The first-order valence-corrected chi connectivity index (χ1v) is 9.35. The van der Waals surface area contributed by atoms with Gasteiger partial charge in [0, 0.05) is 0 Å². The van der Waals surface area contributed by atoms with Crippen LogP contribution in [0.5, 0.6) is 23.0 Å². The van der Waals surface area contributed by atoms with Crippen LogP contribution >= 0.6 is 0 Å². The molecular weight excluding hydrogens is 364 g/mol. The van der Waals surface area contributed by atoms with Gasteiger partial charge < -0.3 is 20.4 Å². The Kier molecular flexibility index (Phi) is 2.83. The van der Waals surface area contributed by atoms with Crippen LogP contribution in [0.25, 0.3) is 22.3 Å². The van der Waals surface area contributed by atoms with Crippen molar-refractivity contribution >= 4 is 0 Å². The number of phenols is 4. The third-order valence-corrected chi connectivity index (χ3v) is 6.21. The van der Waals surface area contributed by atoms with Crippen LogP contribution in [0.1, 0.15) is 22.3 Å². The zero-order valence-electron chi connectivity index (χ0n) is 15.2. The molecule has 140 valence electrons. The lowest BCUT2D eigenvalue weighted by atomic mass is 9.70. The Hall–Kier alpha value is -3.92. The predicted octanol–water partition coefficient (Wildman–Crippen LogP) is 4.85. The number of hydrogen-bond acceptors (Lipinski definition) is 4. The quantitative estimate of drug-likeness (QED) is 0.304. The van der Waals surface area contributed by atoms with Crippen molar-refractivity contribution in [1.29, 1.82) is 0 Å². The van der Waals surface area contributed by atoms with Gasteiger partial charge in [-0.2, -0.15) is 0 Å². The van der Waals surface area contributed by atoms with Gasteiger partial charge in [-0.3, -0.25) is 0 Å². The zero-order valence-corrected chi connectivity index (χ0v) is 15.2. The van der Waals surface area contributed by atoms with E-state index in [2.05, 4.69) is 0 Å². The molecular formula is C25H16O4. The summed E-state index contributed by atoms with van der Waals surface area (Å²) in [6.45, 7) is 0. The molecule has 0 amide bonds. The first-order valence-electron chi connectivity index (χ1n) is 9.35. The lowest BCUT2D eigenvalue weighted by Gasteiger charge is -2.30. The minimum absolute atomic E-state index is 0.135. The first-order chi connectivity index (χ1) is 14.0. The predicted molar refractivity (Wildman–Crippen MR) is 109 cm³/mol. The van der Waals surface area contributed by atoms with E-state index in [-0.39, 0.29) is 23.0 Å². The molecule has 4 aromatic carbocycles. The van der Waals surface area contributed by atoms with Gasteiger partial charge in [0.1, 0.15) is 23.0 Å². The minimum Gasteiger partial charge on any atom is -0.508 e. The lowest BCUT2D eigenvalue weighted by Crippen LogP contribution is -2.25.